The molecule has 0 aliphatic carbocycles. The molecule has 3 heteroatoms. The fourth-order valence-electron chi connectivity index (χ4n) is 0.593. The molecular formula is C7H13ClOSi. The van der Waals surface area contributed by atoms with Crippen LogP contribution < -0.4 is 0 Å². The Kier molecular flexibility index (Phi) is 5.64. The van der Waals surface area contributed by atoms with Crippen molar-refractivity contribution in [1.29, 1.82) is 0 Å². The van der Waals surface area contributed by atoms with Crippen LogP contribution in [0, 0.1) is 0 Å². The molecule has 0 spiro atoms. The molecular weight excluding hydrogens is 164 g/mol. The lowest BCUT2D eigenvalue weighted by Crippen LogP contribution is -1.97. The molecule has 0 fully saturated rings. The molecule has 0 aromatic heterocycles. The molecule has 0 aliphatic heterocycles. The normalized spacial score (nSPS) is 10.6. The van der Waals surface area contributed by atoms with E-state index in [1.165, 1.54) is 0 Å². The first-order valence-electron chi connectivity index (χ1n) is 3.43. The number of carbonyl (C=O) groups is 1. The van der Waals surface area contributed by atoms with Gasteiger partial charge in [-0.25, -0.2) is 0 Å². The number of Topliss-reactive ketones (excluding diaryl/α,β-unsaturated/α-hetero) is 1. The van der Waals surface area contributed by atoms with Crippen LogP contribution in [-0.4, -0.2) is 14.6 Å². The van der Waals surface area contributed by atoms with E-state index in [0.29, 0.717) is 12.0 Å². The first-order chi connectivity index (χ1) is 4.68. The Morgan fingerprint density at radius 2 is 2.30 bits per heavy atom. The summed E-state index contributed by atoms with van der Waals surface area (Å²) >= 11 is 5.57. The van der Waals surface area contributed by atoms with Gasteiger partial charge in [0.2, 0.25) is 0 Å². The van der Waals surface area contributed by atoms with Gasteiger partial charge in [-0.05, 0) is 25.0 Å². The van der Waals surface area contributed by atoms with Gasteiger partial charge in [0.15, 0.2) is 5.78 Å². The van der Waals surface area contributed by atoms with Gasteiger partial charge >= 0.3 is 0 Å². The molecule has 0 atom stereocenters. The van der Waals surface area contributed by atoms with Crippen LogP contribution in [0.1, 0.15) is 19.8 Å². The van der Waals surface area contributed by atoms with Crippen LogP contribution >= 0.6 is 11.1 Å². The molecule has 0 aromatic rings. The number of rotatable bonds is 5. The zero-order valence-corrected chi connectivity index (χ0v) is 8.49. The maximum atomic E-state index is 10.9. The zero-order chi connectivity index (χ0) is 7.98. The summed E-state index contributed by atoms with van der Waals surface area (Å²) in [6, 6.07) is 1.06. The van der Waals surface area contributed by atoms with Crippen molar-refractivity contribution in [2.75, 3.05) is 0 Å². The van der Waals surface area contributed by atoms with E-state index in [1.54, 1.807) is 6.92 Å². The highest BCUT2D eigenvalue weighted by Crippen LogP contribution is 2.02. The summed E-state index contributed by atoms with van der Waals surface area (Å²) in [4.78, 5) is 10.9. The van der Waals surface area contributed by atoms with E-state index in [1.807, 2.05) is 0 Å². The highest BCUT2D eigenvalue weighted by atomic mass is 35.6. The van der Waals surface area contributed by atoms with Crippen molar-refractivity contribution in [2.45, 2.75) is 25.8 Å². The first kappa shape index (κ1) is 9.92. The van der Waals surface area contributed by atoms with Gasteiger partial charge in [-0.2, -0.15) is 11.1 Å². The van der Waals surface area contributed by atoms with Crippen LogP contribution in [0.5, 0.6) is 0 Å². The van der Waals surface area contributed by atoms with Gasteiger partial charge < -0.3 is 0 Å². The minimum absolute atomic E-state index is 0.180. The minimum atomic E-state index is -0.363. The average Bonchev–Trinajstić information content (AvgIpc) is 1.88. The second-order valence-corrected chi connectivity index (χ2v) is 4.57. The van der Waals surface area contributed by atoms with E-state index in [9.17, 15) is 4.79 Å². The molecule has 0 radical (unpaired) electrons. The molecule has 0 saturated heterocycles. The molecule has 0 N–H and O–H groups in total. The Morgan fingerprint density at radius 1 is 1.70 bits per heavy atom. The summed E-state index contributed by atoms with van der Waals surface area (Å²) in [6.07, 6.45) is 1.58. The van der Waals surface area contributed by atoms with Gasteiger partial charge in [0.05, 0.1) is 0 Å². The van der Waals surface area contributed by atoms with Crippen molar-refractivity contribution in [3.63, 3.8) is 0 Å². The lowest BCUT2D eigenvalue weighted by Gasteiger charge is -1.95. The number of hydrogen-bond donors (Lipinski definition) is 0. The Morgan fingerprint density at radius 3 is 2.70 bits per heavy atom. The van der Waals surface area contributed by atoms with Crippen LogP contribution in [0.25, 0.3) is 0 Å². The fourth-order valence-corrected chi connectivity index (χ4v) is 1.60. The van der Waals surface area contributed by atoms with Crippen LogP contribution in [0.4, 0.5) is 0 Å². The standard InChI is InChI=1S/C7H13ClOSi/c1-6(2)7(9)4-3-5-10-8/h1,3-5,10H2,2H3. The molecule has 0 bridgehead atoms. The second kappa shape index (κ2) is 5.68. The topological polar surface area (TPSA) is 17.1 Å². The van der Waals surface area contributed by atoms with Crippen molar-refractivity contribution >= 4 is 25.7 Å². The van der Waals surface area contributed by atoms with Gasteiger partial charge in [-0.1, -0.05) is 6.58 Å². The van der Waals surface area contributed by atoms with Crippen LogP contribution in [0.3, 0.4) is 0 Å². The summed E-state index contributed by atoms with van der Waals surface area (Å²) in [5.74, 6) is 0.180. The van der Waals surface area contributed by atoms with Crippen molar-refractivity contribution in [3.8, 4) is 0 Å². The van der Waals surface area contributed by atoms with E-state index in [4.69, 9.17) is 11.1 Å². The summed E-state index contributed by atoms with van der Waals surface area (Å²) in [5.41, 5.74) is 0.663. The second-order valence-electron chi connectivity index (χ2n) is 2.35. The molecule has 0 heterocycles. The third kappa shape index (κ3) is 4.76. The Bertz CT molecular complexity index is 134. The monoisotopic (exact) mass is 176 g/mol. The summed E-state index contributed by atoms with van der Waals surface area (Å²) in [5, 5.41) is 0. The third-order valence-corrected chi connectivity index (χ3v) is 2.83. The Balaban J connectivity index is 3.31. The van der Waals surface area contributed by atoms with Crippen molar-refractivity contribution < 1.29 is 4.79 Å². The summed E-state index contributed by atoms with van der Waals surface area (Å²) < 4.78 is 0. The number of carbonyl (C=O) groups excluding carboxylic acids is 1. The molecule has 0 rings (SSSR count). The van der Waals surface area contributed by atoms with Crippen molar-refractivity contribution in [1.82, 2.24) is 0 Å². The van der Waals surface area contributed by atoms with Gasteiger partial charge in [0.1, 0.15) is 8.83 Å². The fraction of sp³-hybridized carbons (Fsp3) is 0.571. The van der Waals surface area contributed by atoms with Crippen molar-refractivity contribution in [2.24, 2.45) is 0 Å². The molecule has 10 heavy (non-hydrogen) atoms. The molecule has 58 valence electrons. The SMILES string of the molecule is C=C(C)C(=O)CCC[SiH2]Cl. The number of hydrogen-bond acceptors (Lipinski definition) is 1. The average molecular weight is 177 g/mol. The van der Waals surface area contributed by atoms with Crippen LogP contribution in [0.2, 0.25) is 6.04 Å². The number of halogens is 1. The maximum absolute atomic E-state index is 10.9. The third-order valence-electron chi connectivity index (χ3n) is 1.26. The molecule has 0 aromatic carbocycles. The highest BCUT2D eigenvalue weighted by Gasteiger charge is 2.00. The quantitative estimate of drug-likeness (QED) is 0.270. The molecule has 0 aliphatic rings. The van der Waals surface area contributed by atoms with Crippen LogP contribution in [-0.2, 0) is 4.79 Å². The molecule has 0 unspecified atom stereocenters. The van der Waals surface area contributed by atoms with E-state index in [-0.39, 0.29) is 14.6 Å². The lowest BCUT2D eigenvalue weighted by molar-refractivity contribution is -0.115. The van der Waals surface area contributed by atoms with Crippen molar-refractivity contribution in [3.05, 3.63) is 12.2 Å². The maximum Gasteiger partial charge on any atom is 0.157 e. The lowest BCUT2D eigenvalue weighted by atomic mass is 10.1. The smallest absolute Gasteiger partial charge is 0.157 e. The van der Waals surface area contributed by atoms with Gasteiger partial charge in [0.25, 0.3) is 0 Å². The van der Waals surface area contributed by atoms with E-state index in [0.717, 1.165) is 12.5 Å². The number of allylic oxidation sites excluding steroid dienone is 1. The molecule has 0 saturated carbocycles. The Hall–Kier alpha value is -0.0831. The predicted molar refractivity (Wildman–Crippen MR) is 48.3 cm³/mol. The molecule has 1 nitrogen and oxygen atoms in total. The van der Waals surface area contributed by atoms with Gasteiger partial charge in [-0.15, -0.1) is 0 Å². The van der Waals surface area contributed by atoms with Crippen LogP contribution in [0.15, 0.2) is 12.2 Å². The van der Waals surface area contributed by atoms with Gasteiger partial charge in [-0.3, -0.25) is 4.79 Å². The van der Waals surface area contributed by atoms with E-state index < -0.39 is 0 Å². The largest absolute Gasteiger partial charge is 0.295 e. The van der Waals surface area contributed by atoms with Gasteiger partial charge in [0, 0.05) is 6.42 Å². The Labute approximate surface area is 69.0 Å². The minimum Gasteiger partial charge on any atom is -0.295 e. The van der Waals surface area contributed by atoms with E-state index in [2.05, 4.69) is 6.58 Å². The number of ketones is 1. The summed E-state index contributed by atoms with van der Waals surface area (Å²) in [6.45, 7) is 5.31. The zero-order valence-electron chi connectivity index (χ0n) is 6.32. The summed E-state index contributed by atoms with van der Waals surface area (Å²) in [7, 11) is -0.363. The molecule has 0 amide bonds. The first-order valence-corrected chi connectivity index (χ1v) is 6.57. The van der Waals surface area contributed by atoms with E-state index >= 15 is 0 Å². The highest BCUT2D eigenvalue weighted by molar-refractivity contribution is 6.93. The predicted octanol–water partition coefficient (Wildman–Crippen LogP) is 1.65.